The molecule has 1 unspecified atom stereocenters. The molecule has 0 fully saturated rings. The fourth-order valence-electron chi connectivity index (χ4n) is 4.30. The van der Waals surface area contributed by atoms with E-state index in [9.17, 15) is 19.2 Å². The molecule has 0 amide bonds. The molecule has 210 valence electrons. The third kappa shape index (κ3) is 11.3. The molecule has 1 atom stereocenters. The van der Waals surface area contributed by atoms with Crippen LogP contribution in [0.25, 0.3) is 0 Å². The average molecular weight is 538 g/mol. The number of esters is 2. The second-order valence-electron chi connectivity index (χ2n) is 9.58. The Morgan fingerprint density at radius 3 is 2.13 bits per heavy atom. The van der Waals surface area contributed by atoms with Gasteiger partial charge in [0.25, 0.3) is 0 Å². The highest BCUT2D eigenvalue weighted by atomic mass is 19.1. The zero-order chi connectivity index (χ0) is 28.3. The lowest BCUT2D eigenvalue weighted by Crippen LogP contribution is -2.33. The number of carbonyl (C=O) groups is 2. The van der Waals surface area contributed by atoms with E-state index in [1.165, 1.54) is 62.8 Å². The molecule has 0 aromatic heterocycles. The van der Waals surface area contributed by atoms with Gasteiger partial charge in [-0.05, 0) is 37.1 Å². The minimum Gasteiger partial charge on any atom is -0.493 e. The highest BCUT2D eigenvalue weighted by Crippen LogP contribution is 2.27. The van der Waals surface area contributed by atoms with E-state index in [-0.39, 0.29) is 30.1 Å². The van der Waals surface area contributed by atoms with Gasteiger partial charge in [-0.1, -0.05) is 89.1 Å². The van der Waals surface area contributed by atoms with Crippen molar-refractivity contribution in [3.63, 3.8) is 0 Å². The lowest BCUT2D eigenvalue weighted by Gasteiger charge is -2.26. The maximum atomic E-state index is 13.9. The fraction of sp³-hybridized carbons (Fsp3) is 0.469. The number of nitriles is 1. The van der Waals surface area contributed by atoms with Gasteiger partial charge in [0.1, 0.15) is 17.4 Å². The van der Waals surface area contributed by atoms with E-state index >= 15 is 0 Å². The Bertz CT molecular complexity index is 1100. The van der Waals surface area contributed by atoms with Gasteiger partial charge < -0.3 is 14.2 Å². The number of nitrogens with zero attached hydrogens (tertiary/aromatic N) is 1. The molecule has 0 aliphatic rings. The number of hydrogen-bond acceptors (Lipinski definition) is 6. The molecule has 39 heavy (non-hydrogen) atoms. The minimum absolute atomic E-state index is 0.153. The average Bonchev–Trinajstić information content (AvgIpc) is 2.95. The molecule has 0 saturated carbocycles. The summed E-state index contributed by atoms with van der Waals surface area (Å²) < 4.78 is 30.5. The molecule has 0 heterocycles. The maximum absolute atomic E-state index is 13.9. The Hall–Kier alpha value is -3.66. The van der Waals surface area contributed by atoms with E-state index in [0.717, 1.165) is 25.3 Å². The van der Waals surface area contributed by atoms with Crippen molar-refractivity contribution >= 4 is 11.9 Å². The van der Waals surface area contributed by atoms with Crippen molar-refractivity contribution in [3.05, 3.63) is 72.6 Å². The molecule has 0 aliphatic heterocycles. The number of unbranched alkanes of at least 4 members (excludes halogenated alkanes) is 8. The van der Waals surface area contributed by atoms with Gasteiger partial charge in [0.2, 0.25) is 0 Å². The fourth-order valence-corrected chi connectivity index (χ4v) is 4.30. The van der Waals surface area contributed by atoms with Crippen LogP contribution in [0.4, 0.5) is 4.39 Å². The van der Waals surface area contributed by atoms with Gasteiger partial charge in [-0.15, -0.1) is 0 Å². The number of para-hydroxylation sites is 2. The van der Waals surface area contributed by atoms with E-state index in [2.05, 4.69) is 19.6 Å². The summed E-state index contributed by atoms with van der Waals surface area (Å²) in [5.41, 5.74) is -1.11. The van der Waals surface area contributed by atoms with Crippen LogP contribution in [-0.2, 0) is 9.53 Å². The van der Waals surface area contributed by atoms with E-state index < -0.39 is 23.4 Å². The number of ether oxygens (including phenoxy) is 3. The molecule has 7 heteroatoms. The Labute approximate surface area is 231 Å². The van der Waals surface area contributed by atoms with Crippen molar-refractivity contribution in [1.29, 1.82) is 5.26 Å². The van der Waals surface area contributed by atoms with Gasteiger partial charge in [-0.2, -0.15) is 5.26 Å². The van der Waals surface area contributed by atoms with E-state index in [1.54, 1.807) is 24.3 Å². The SMILES string of the molecule is C=CC(=O)OC(C#N)(CCCCCCCCCCC)CCCOc1ccccc1C(=O)Oc1ccccc1F. The molecule has 0 spiro atoms. The molecule has 0 radical (unpaired) electrons. The summed E-state index contributed by atoms with van der Waals surface area (Å²) in [5.74, 6) is -1.90. The number of rotatable bonds is 19. The highest BCUT2D eigenvalue weighted by Gasteiger charge is 2.33. The van der Waals surface area contributed by atoms with Crippen molar-refractivity contribution in [2.75, 3.05) is 6.61 Å². The molecule has 2 rings (SSSR count). The molecule has 0 aliphatic carbocycles. The molecule has 2 aromatic rings. The Kier molecular flexibility index (Phi) is 14.4. The predicted molar refractivity (Wildman–Crippen MR) is 149 cm³/mol. The van der Waals surface area contributed by atoms with Crippen LogP contribution in [0.1, 0.15) is 94.3 Å². The first kappa shape index (κ1) is 31.6. The molecular weight excluding hydrogens is 497 g/mol. The third-order valence-electron chi connectivity index (χ3n) is 6.48. The molecule has 0 N–H and O–H groups in total. The molecular formula is C32H40FNO5. The summed E-state index contributed by atoms with van der Waals surface area (Å²) in [5, 5.41) is 9.95. The van der Waals surface area contributed by atoms with Gasteiger partial charge in [-0.25, -0.2) is 14.0 Å². The second-order valence-corrected chi connectivity index (χ2v) is 9.58. The zero-order valence-electron chi connectivity index (χ0n) is 23.0. The standard InChI is InChI=1S/C32H40FNO5/c1-3-5-6-7-8-9-10-11-16-22-32(25-34,39-30(35)4-2)23-17-24-37-28-20-14-12-18-26(28)31(36)38-29-21-15-13-19-27(29)33/h4,12-15,18-21H,2-3,5-11,16-17,22-24H2,1H3. The molecule has 2 aromatic carbocycles. The molecule has 0 bridgehead atoms. The first-order chi connectivity index (χ1) is 18.9. The minimum atomic E-state index is -1.26. The van der Waals surface area contributed by atoms with Gasteiger partial charge in [0, 0.05) is 18.9 Å². The van der Waals surface area contributed by atoms with E-state index in [4.69, 9.17) is 14.2 Å². The monoisotopic (exact) mass is 537 g/mol. The van der Waals surface area contributed by atoms with Crippen LogP contribution >= 0.6 is 0 Å². The van der Waals surface area contributed by atoms with Crippen molar-refractivity contribution in [3.8, 4) is 17.6 Å². The van der Waals surface area contributed by atoms with Gasteiger partial charge >= 0.3 is 11.9 Å². The highest BCUT2D eigenvalue weighted by molar-refractivity contribution is 5.94. The summed E-state index contributed by atoms with van der Waals surface area (Å²) in [6.45, 7) is 5.84. The van der Waals surface area contributed by atoms with Crippen LogP contribution < -0.4 is 9.47 Å². The third-order valence-corrected chi connectivity index (χ3v) is 6.48. The largest absolute Gasteiger partial charge is 0.493 e. The molecule has 0 saturated heterocycles. The Balaban J connectivity index is 1.89. The lowest BCUT2D eigenvalue weighted by molar-refractivity contribution is -0.149. The number of benzene rings is 2. The molecule has 6 nitrogen and oxygen atoms in total. The Morgan fingerprint density at radius 1 is 0.897 bits per heavy atom. The summed E-state index contributed by atoms with van der Waals surface area (Å²) in [4.78, 5) is 24.7. The lowest BCUT2D eigenvalue weighted by atomic mass is 9.91. The summed E-state index contributed by atoms with van der Waals surface area (Å²) in [7, 11) is 0. The van der Waals surface area contributed by atoms with Crippen molar-refractivity contribution < 1.29 is 28.2 Å². The number of halogens is 1. The Morgan fingerprint density at radius 2 is 1.49 bits per heavy atom. The summed E-state index contributed by atoms with van der Waals surface area (Å²) >= 11 is 0. The predicted octanol–water partition coefficient (Wildman–Crippen LogP) is 8.12. The van der Waals surface area contributed by atoms with Gasteiger partial charge in [0.05, 0.1) is 6.61 Å². The smallest absolute Gasteiger partial charge is 0.347 e. The normalized spacial score (nSPS) is 12.1. The first-order valence-electron chi connectivity index (χ1n) is 13.9. The maximum Gasteiger partial charge on any atom is 0.347 e. The van der Waals surface area contributed by atoms with Gasteiger partial charge in [-0.3, -0.25) is 0 Å². The van der Waals surface area contributed by atoms with Crippen LogP contribution in [0, 0.1) is 17.1 Å². The van der Waals surface area contributed by atoms with E-state index in [0.29, 0.717) is 12.8 Å². The van der Waals surface area contributed by atoms with Crippen LogP contribution in [0.15, 0.2) is 61.2 Å². The van der Waals surface area contributed by atoms with Gasteiger partial charge in [0.15, 0.2) is 17.2 Å². The first-order valence-corrected chi connectivity index (χ1v) is 13.9. The van der Waals surface area contributed by atoms with Crippen molar-refractivity contribution in [2.24, 2.45) is 0 Å². The second kappa shape index (κ2) is 17.8. The van der Waals surface area contributed by atoms with E-state index in [1.807, 2.05) is 0 Å². The van der Waals surface area contributed by atoms with Crippen molar-refractivity contribution in [1.82, 2.24) is 0 Å². The number of hydrogen-bond donors (Lipinski definition) is 0. The van der Waals surface area contributed by atoms with Crippen LogP contribution in [0.3, 0.4) is 0 Å². The van der Waals surface area contributed by atoms with Crippen LogP contribution in [0.5, 0.6) is 11.5 Å². The summed E-state index contributed by atoms with van der Waals surface area (Å²) in [6, 6.07) is 14.4. The number of carbonyl (C=O) groups excluding carboxylic acids is 2. The topological polar surface area (TPSA) is 85.6 Å². The van der Waals surface area contributed by atoms with Crippen LogP contribution in [0.2, 0.25) is 0 Å². The van der Waals surface area contributed by atoms with Crippen LogP contribution in [-0.4, -0.2) is 24.1 Å². The summed E-state index contributed by atoms with van der Waals surface area (Å²) in [6.07, 6.45) is 12.5. The quantitative estimate of drug-likeness (QED) is 0.0778. The zero-order valence-corrected chi connectivity index (χ0v) is 23.0. The van der Waals surface area contributed by atoms with Crippen molar-refractivity contribution in [2.45, 2.75) is 89.6 Å².